The molecule has 1 amide bonds. The molecule has 1 atom stereocenters. The fourth-order valence-electron chi connectivity index (χ4n) is 2.71. The molecule has 0 unspecified atom stereocenters. The molecule has 0 radical (unpaired) electrons. The zero-order valence-corrected chi connectivity index (χ0v) is 16.0. The van der Waals surface area contributed by atoms with Crippen LogP contribution in [0.1, 0.15) is 15.2 Å². The minimum atomic E-state index is -0.546. The Morgan fingerprint density at radius 1 is 1.37 bits per heavy atom. The summed E-state index contributed by atoms with van der Waals surface area (Å²) in [6.07, 6.45) is 1.72. The van der Waals surface area contributed by atoms with Gasteiger partial charge in [0.25, 0.3) is 5.91 Å². The number of halogens is 3. The van der Waals surface area contributed by atoms with Gasteiger partial charge in [-0.1, -0.05) is 11.6 Å². The van der Waals surface area contributed by atoms with E-state index < -0.39 is 17.7 Å². The average molecular weight is 411 g/mol. The van der Waals surface area contributed by atoms with Crippen LogP contribution in [0.25, 0.3) is 11.3 Å². The van der Waals surface area contributed by atoms with E-state index in [4.69, 9.17) is 17.3 Å². The van der Waals surface area contributed by atoms with E-state index in [2.05, 4.69) is 10.4 Å². The van der Waals surface area contributed by atoms with Crippen molar-refractivity contribution in [3.63, 3.8) is 0 Å². The summed E-state index contributed by atoms with van der Waals surface area (Å²) >= 11 is 7.40. The summed E-state index contributed by atoms with van der Waals surface area (Å²) in [4.78, 5) is 13.0. The van der Waals surface area contributed by atoms with Crippen molar-refractivity contribution < 1.29 is 13.6 Å². The van der Waals surface area contributed by atoms with Gasteiger partial charge in [0.2, 0.25) is 0 Å². The third-order valence-corrected chi connectivity index (χ3v) is 5.46. The Balaban J connectivity index is 1.76. The molecule has 0 aliphatic heterocycles. The first kappa shape index (κ1) is 19.5. The second-order valence-electron chi connectivity index (χ2n) is 5.98. The molecule has 2 heterocycles. The first-order chi connectivity index (χ1) is 12.9. The Kier molecular flexibility index (Phi) is 5.88. The maximum atomic E-state index is 13.8. The molecular formula is C18H17ClF2N4OS. The molecular weight excluding hydrogens is 394 g/mol. The number of amides is 1. The van der Waals surface area contributed by atoms with E-state index in [9.17, 15) is 13.6 Å². The lowest BCUT2D eigenvalue weighted by Crippen LogP contribution is -2.41. The number of hydrogen-bond acceptors (Lipinski definition) is 4. The standard InChI is InChI=1S/C18H17ClF2N4OS/c1-25-15(4-5-23-25)13-8-16(27-17(13)19)18(26)24-12(9-22)7-10-6-11(20)2-3-14(10)21/h2-6,8,12H,7,9,22H2,1H3,(H,24,26)/t12-/m0/s1. The van der Waals surface area contributed by atoms with E-state index >= 15 is 0 Å². The molecule has 0 bridgehead atoms. The van der Waals surface area contributed by atoms with Crippen LogP contribution in [0.4, 0.5) is 8.78 Å². The van der Waals surface area contributed by atoms with Crippen LogP contribution in [0.3, 0.4) is 0 Å². The molecule has 0 spiro atoms. The molecule has 3 aromatic rings. The van der Waals surface area contributed by atoms with Gasteiger partial charge in [-0.15, -0.1) is 11.3 Å². The molecule has 27 heavy (non-hydrogen) atoms. The smallest absolute Gasteiger partial charge is 0.261 e. The predicted octanol–water partition coefficient (Wildman–Crippen LogP) is 3.38. The Bertz CT molecular complexity index is 972. The van der Waals surface area contributed by atoms with E-state index in [1.165, 1.54) is 0 Å². The molecule has 0 aliphatic rings. The van der Waals surface area contributed by atoms with Gasteiger partial charge in [-0.05, 0) is 42.3 Å². The summed E-state index contributed by atoms with van der Waals surface area (Å²) in [5, 5.41) is 6.85. The van der Waals surface area contributed by atoms with Gasteiger partial charge in [-0.2, -0.15) is 5.10 Å². The fourth-order valence-corrected chi connectivity index (χ4v) is 3.90. The number of nitrogens with one attached hydrogen (secondary N) is 1. The van der Waals surface area contributed by atoms with Crippen molar-refractivity contribution in [1.29, 1.82) is 0 Å². The molecule has 3 N–H and O–H groups in total. The summed E-state index contributed by atoms with van der Waals surface area (Å²) in [5.41, 5.74) is 7.35. The van der Waals surface area contributed by atoms with E-state index in [-0.39, 0.29) is 24.4 Å². The highest BCUT2D eigenvalue weighted by Crippen LogP contribution is 2.35. The van der Waals surface area contributed by atoms with Gasteiger partial charge in [-0.3, -0.25) is 9.48 Å². The van der Waals surface area contributed by atoms with Gasteiger partial charge in [0.15, 0.2) is 0 Å². The molecule has 5 nitrogen and oxygen atoms in total. The summed E-state index contributed by atoms with van der Waals surface area (Å²) in [6.45, 7) is 0.0788. The molecule has 3 rings (SSSR count). The number of aryl methyl sites for hydroxylation is 1. The van der Waals surface area contributed by atoms with E-state index in [0.29, 0.717) is 14.8 Å². The van der Waals surface area contributed by atoms with E-state index in [1.807, 2.05) is 0 Å². The van der Waals surface area contributed by atoms with Crippen LogP contribution in [0.2, 0.25) is 4.34 Å². The predicted molar refractivity (Wildman–Crippen MR) is 102 cm³/mol. The molecule has 142 valence electrons. The summed E-state index contributed by atoms with van der Waals surface area (Å²) in [6, 6.07) is 6.13. The zero-order chi connectivity index (χ0) is 19.6. The quantitative estimate of drug-likeness (QED) is 0.654. The summed E-state index contributed by atoms with van der Waals surface area (Å²) < 4.78 is 29.3. The summed E-state index contributed by atoms with van der Waals surface area (Å²) in [7, 11) is 1.78. The van der Waals surface area contributed by atoms with Crippen LogP contribution in [0.15, 0.2) is 36.5 Å². The Morgan fingerprint density at radius 2 is 2.15 bits per heavy atom. The van der Waals surface area contributed by atoms with Crippen LogP contribution >= 0.6 is 22.9 Å². The van der Waals surface area contributed by atoms with Gasteiger partial charge in [0, 0.05) is 31.4 Å². The lowest BCUT2D eigenvalue weighted by Gasteiger charge is -2.17. The van der Waals surface area contributed by atoms with Gasteiger partial charge in [0.1, 0.15) is 16.0 Å². The van der Waals surface area contributed by atoms with Crippen molar-refractivity contribution in [1.82, 2.24) is 15.1 Å². The van der Waals surface area contributed by atoms with Gasteiger partial charge in [-0.25, -0.2) is 8.78 Å². The van der Waals surface area contributed by atoms with Crippen LogP contribution in [0, 0.1) is 11.6 Å². The monoisotopic (exact) mass is 410 g/mol. The van der Waals surface area contributed by atoms with Crippen LogP contribution in [0.5, 0.6) is 0 Å². The van der Waals surface area contributed by atoms with Gasteiger partial charge >= 0.3 is 0 Å². The highest BCUT2D eigenvalue weighted by molar-refractivity contribution is 7.18. The normalized spacial score (nSPS) is 12.2. The second-order valence-corrected chi connectivity index (χ2v) is 7.64. The molecule has 0 aliphatic carbocycles. The Labute approximate surface area is 163 Å². The molecule has 9 heteroatoms. The third kappa shape index (κ3) is 4.35. The van der Waals surface area contributed by atoms with Crippen molar-refractivity contribution in [2.75, 3.05) is 6.54 Å². The van der Waals surface area contributed by atoms with Crippen molar-refractivity contribution in [3.8, 4) is 11.3 Å². The van der Waals surface area contributed by atoms with Crippen LogP contribution < -0.4 is 11.1 Å². The minimum Gasteiger partial charge on any atom is -0.347 e. The molecule has 0 saturated carbocycles. The van der Waals surface area contributed by atoms with Crippen molar-refractivity contribution >= 4 is 28.8 Å². The largest absolute Gasteiger partial charge is 0.347 e. The highest BCUT2D eigenvalue weighted by Gasteiger charge is 2.20. The molecule has 2 aromatic heterocycles. The molecule has 0 saturated heterocycles. The highest BCUT2D eigenvalue weighted by atomic mass is 35.5. The molecule has 0 fully saturated rings. The number of carbonyl (C=O) groups is 1. The number of aromatic nitrogens is 2. The molecule has 1 aromatic carbocycles. The zero-order valence-electron chi connectivity index (χ0n) is 14.4. The average Bonchev–Trinajstić information content (AvgIpc) is 3.22. The SMILES string of the molecule is Cn1nccc1-c1cc(C(=O)N[C@H](CN)Cc2cc(F)ccc2F)sc1Cl. The van der Waals surface area contributed by atoms with Crippen molar-refractivity contribution in [2.24, 2.45) is 12.8 Å². The number of hydrogen-bond donors (Lipinski definition) is 2. The Morgan fingerprint density at radius 3 is 2.81 bits per heavy atom. The van der Waals surface area contributed by atoms with Gasteiger partial charge in [0.05, 0.1) is 10.6 Å². The van der Waals surface area contributed by atoms with Crippen LogP contribution in [-0.2, 0) is 13.5 Å². The van der Waals surface area contributed by atoms with Gasteiger partial charge < -0.3 is 11.1 Å². The number of benzene rings is 1. The van der Waals surface area contributed by atoms with E-state index in [1.54, 1.807) is 30.1 Å². The van der Waals surface area contributed by atoms with Crippen molar-refractivity contribution in [3.05, 3.63) is 62.9 Å². The number of thiophene rings is 1. The third-order valence-electron chi connectivity index (χ3n) is 4.10. The van der Waals surface area contributed by atoms with E-state index in [0.717, 1.165) is 35.2 Å². The minimum absolute atomic E-state index is 0.0788. The first-order valence-electron chi connectivity index (χ1n) is 8.11. The second kappa shape index (κ2) is 8.16. The lowest BCUT2D eigenvalue weighted by atomic mass is 10.0. The number of nitrogens with zero attached hydrogens (tertiary/aromatic N) is 2. The maximum Gasteiger partial charge on any atom is 0.261 e. The topological polar surface area (TPSA) is 72.9 Å². The summed E-state index contributed by atoms with van der Waals surface area (Å²) in [5.74, 6) is -1.45. The lowest BCUT2D eigenvalue weighted by molar-refractivity contribution is 0.0942. The van der Waals surface area contributed by atoms with Crippen molar-refractivity contribution in [2.45, 2.75) is 12.5 Å². The fraction of sp³-hybridized carbons (Fsp3) is 0.222. The number of nitrogens with two attached hydrogens (primary N) is 1. The first-order valence-corrected chi connectivity index (χ1v) is 9.31. The number of rotatable bonds is 6. The number of carbonyl (C=O) groups excluding carboxylic acids is 1. The van der Waals surface area contributed by atoms with Crippen LogP contribution in [-0.4, -0.2) is 28.3 Å². The Hall–Kier alpha value is -2.29. The maximum absolute atomic E-state index is 13.8.